The number of piperidine rings is 1. The van der Waals surface area contributed by atoms with Gasteiger partial charge in [0.05, 0.1) is 16.6 Å². The molecular weight excluding hydrogens is 482 g/mol. The first kappa shape index (κ1) is 25.2. The number of aromatic nitrogens is 1. The minimum absolute atomic E-state index is 0.0875. The Balaban J connectivity index is 1.65. The Bertz CT molecular complexity index is 1280. The van der Waals surface area contributed by atoms with E-state index in [9.17, 15) is 4.79 Å². The summed E-state index contributed by atoms with van der Waals surface area (Å²) >= 11 is 6.56. The van der Waals surface area contributed by atoms with Gasteiger partial charge in [-0.25, -0.2) is 10.0 Å². The van der Waals surface area contributed by atoms with Crippen molar-refractivity contribution in [2.45, 2.75) is 32.4 Å². The standard InChI is InChI=1S/C25H28ClN7O3/c1-5-21(34)32-10-6-7-18(13-32)33-25(29-4)22(24(27)28-3)23(30-33)16-8-9-20(19(26)12-16)35-14-17-11-15(2)36-31-17/h5,8-9,11-12,18H,1,3,6-7,10,13-14,27H2,2,4H3/b24-22-,29-25+. The molecule has 1 atom stereocenters. The van der Waals surface area contributed by atoms with Gasteiger partial charge in [-0.3, -0.25) is 9.79 Å². The Morgan fingerprint density at radius 1 is 1.42 bits per heavy atom. The van der Waals surface area contributed by atoms with Crippen LogP contribution in [-0.4, -0.2) is 65.4 Å². The van der Waals surface area contributed by atoms with Gasteiger partial charge in [-0.1, -0.05) is 23.3 Å². The summed E-state index contributed by atoms with van der Waals surface area (Å²) in [6.45, 7) is 10.4. The number of carbonyl (C=O) groups excluding carboxylic acids is 1. The van der Waals surface area contributed by atoms with E-state index in [2.05, 4.69) is 28.4 Å². The number of carbonyl (C=O) groups is 1. The van der Waals surface area contributed by atoms with Gasteiger partial charge in [-0.15, -0.1) is 0 Å². The average molecular weight is 510 g/mol. The second kappa shape index (κ2) is 10.8. The van der Waals surface area contributed by atoms with Crippen LogP contribution in [0.4, 0.5) is 0 Å². The molecule has 1 amide bonds. The Morgan fingerprint density at radius 3 is 2.86 bits per heavy atom. The number of hydrogen-bond donors (Lipinski definition) is 1. The summed E-state index contributed by atoms with van der Waals surface area (Å²) in [7, 11) is 1.67. The number of benzene rings is 1. The molecule has 0 spiro atoms. The van der Waals surface area contributed by atoms with Crippen LogP contribution in [-0.2, 0) is 11.4 Å². The number of rotatable bonds is 7. The predicted octanol–water partition coefficient (Wildman–Crippen LogP) is 3.31. The van der Waals surface area contributed by atoms with Crippen molar-refractivity contribution in [1.82, 2.24) is 15.1 Å². The molecule has 0 bridgehead atoms. The molecule has 0 aliphatic carbocycles. The van der Waals surface area contributed by atoms with Crippen molar-refractivity contribution in [1.29, 1.82) is 0 Å². The van der Waals surface area contributed by atoms with Gasteiger partial charge in [0.25, 0.3) is 0 Å². The summed E-state index contributed by atoms with van der Waals surface area (Å²) in [5.41, 5.74) is 8.75. The number of nitrogens with two attached hydrogens (primary N) is 1. The predicted molar refractivity (Wildman–Crippen MR) is 139 cm³/mol. The highest BCUT2D eigenvalue weighted by Gasteiger charge is 2.37. The van der Waals surface area contributed by atoms with Gasteiger partial charge in [-0.2, -0.15) is 5.10 Å². The van der Waals surface area contributed by atoms with Crippen LogP contribution in [0.3, 0.4) is 0 Å². The lowest BCUT2D eigenvalue weighted by molar-refractivity contribution is -0.127. The van der Waals surface area contributed by atoms with E-state index >= 15 is 0 Å². The highest BCUT2D eigenvalue weighted by atomic mass is 35.5. The van der Waals surface area contributed by atoms with Crippen LogP contribution in [0.2, 0.25) is 5.02 Å². The van der Waals surface area contributed by atoms with Gasteiger partial charge in [0.2, 0.25) is 5.91 Å². The highest BCUT2D eigenvalue weighted by molar-refractivity contribution is 6.35. The Hall–Kier alpha value is -3.92. The van der Waals surface area contributed by atoms with Crippen molar-refractivity contribution in [3.05, 3.63) is 70.4 Å². The van der Waals surface area contributed by atoms with E-state index in [1.165, 1.54) is 6.08 Å². The molecule has 0 saturated carbocycles. The Kier molecular flexibility index (Phi) is 7.54. The largest absolute Gasteiger partial charge is 0.486 e. The molecule has 1 saturated heterocycles. The molecule has 4 rings (SSSR count). The second-order valence-corrected chi connectivity index (χ2v) is 8.81. The molecule has 11 heteroatoms. The van der Waals surface area contributed by atoms with Crippen molar-refractivity contribution in [2.75, 3.05) is 20.1 Å². The van der Waals surface area contributed by atoms with E-state index in [4.69, 9.17) is 31.7 Å². The van der Waals surface area contributed by atoms with Gasteiger partial charge in [-0.05, 0) is 50.8 Å². The fourth-order valence-corrected chi connectivity index (χ4v) is 4.53. The number of amides is 1. The highest BCUT2D eigenvalue weighted by Crippen LogP contribution is 2.32. The number of aliphatic imine (C=N–C) groups is 2. The number of ether oxygens (including phenoxy) is 1. The van der Waals surface area contributed by atoms with E-state index in [0.29, 0.717) is 58.0 Å². The lowest BCUT2D eigenvalue weighted by Gasteiger charge is -2.36. The first-order chi connectivity index (χ1) is 17.4. The maximum Gasteiger partial charge on any atom is 0.246 e. The molecule has 1 aromatic heterocycles. The molecular formula is C25H28ClN7O3. The van der Waals surface area contributed by atoms with E-state index in [1.54, 1.807) is 30.1 Å². The number of nitrogens with zero attached hydrogens (tertiary/aromatic N) is 6. The smallest absolute Gasteiger partial charge is 0.246 e. The average Bonchev–Trinajstić information content (AvgIpc) is 3.50. The third-order valence-corrected chi connectivity index (χ3v) is 6.31. The van der Waals surface area contributed by atoms with E-state index in [-0.39, 0.29) is 24.4 Å². The maximum absolute atomic E-state index is 12.2. The summed E-state index contributed by atoms with van der Waals surface area (Å²) in [4.78, 5) is 22.4. The van der Waals surface area contributed by atoms with Crippen LogP contribution in [0.25, 0.3) is 0 Å². The molecule has 3 heterocycles. The van der Waals surface area contributed by atoms with Crippen LogP contribution in [0.5, 0.6) is 5.75 Å². The molecule has 1 unspecified atom stereocenters. The van der Waals surface area contributed by atoms with Crippen molar-refractivity contribution in [3.8, 4) is 5.75 Å². The van der Waals surface area contributed by atoms with E-state index in [1.807, 2.05) is 18.0 Å². The normalized spacial score (nSPS) is 20.4. The van der Waals surface area contributed by atoms with Crippen LogP contribution in [0.15, 0.2) is 67.9 Å². The molecule has 2 aliphatic heterocycles. The number of aryl methyl sites for hydroxylation is 1. The number of amidine groups is 1. The third-order valence-electron chi connectivity index (χ3n) is 6.01. The van der Waals surface area contributed by atoms with Gasteiger partial charge in [0.1, 0.15) is 35.3 Å². The zero-order chi connectivity index (χ0) is 25.8. The number of halogens is 1. The fraction of sp³-hybridized carbons (Fsp3) is 0.320. The Morgan fingerprint density at radius 2 is 2.22 bits per heavy atom. The maximum atomic E-state index is 12.2. The quantitative estimate of drug-likeness (QED) is 0.451. The molecule has 10 nitrogen and oxygen atoms in total. The van der Waals surface area contributed by atoms with Crippen LogP contribution in [0.1, 0.15) is 29.9 Å². The number of hydrogen-bond acceptors (Lipinski definition) is 8. The fourth-order valence-electron chi connectivity index (χ4n) is 4.30. The molecule has 188 valence electrons. The molecule has 0 radical (unpaired) electrons. The molecule has 2 aromatic rings. The second-order valence-electron chi connectivity index (χ2n) is 8.41. The number of likely N-dealkylation sites (tertiary alicyclic amines) is 1. The first-order valence-electron chi connectivity index (χ1n) is 11.4. The zero-order valence-electron chi connectivity index (χ0n) is 20.3. The van der Waals surface area contributed by atoms with Crippen molar-refractivity contribution in [2.24, 2.45) is 20.8 Å². The van der Waals surface area contributed by atoms with Crippen LogP contribution in [0, 0.1) is 6.92 Å². The molecule has 1 fully saturated rings. The summed E-state index contributed by atoms with van der Waals surface area (Å²) < 4.78 is 10.9. The number of hydrazone groups is 1. The van der Waals surface area contributed by atoms with Gasteiger partial charge < -0.3 is 19.9 Å². The minimum Gasteiger partial charge on any atom is -0.486 e. The van der Waals surface area contributed by atoms with Crippen molar-refractivity contribution < 1.29 is 14.1 Å². The third kappa shape index (κ3) is 5.03. The lowest BCUT2D eigenvalue weighted by Crippen LogP contribution is -2.48. The van der Waals surface area contributed by atoms with Gasteiger partial charge in [0, 0.05) is 31.8 Å². The van der Waals surface area contributed by atoms with E-state index < -0.39 is 0 Å². The zero-order valence-corrected chi connectivity index (χ0v) is 21.0. The molecule has 1 aromatic carbocycles. The van der Waals surface area contributed by atoms with Crippen molar-refractivity contribution in [3.63, 3.8) is 0 Å². The molecule has 2 aliphatic rings. The topological polar surface area (TPSA) is 122 Å². The molecule has 36 heavy (non-hydrogen) atoms. The Labute approximate surface area is 214 Å². The summed E-state index contributed by atoms with van der Waals surface area (Å²) in [5.74, 6) is 1.85. The van der Waals surface area contributed by atoms with Gasteiger partial charge >= 0.3 is 0 Å². The van der Waals surface area contributed by atoms with Crippen LogP contribution < -0.4 is 10.5 Å². The summed E-state index contributed by atoms with van der Waals surface area (Å²) in [6, 6.07) is 7.07. The lowest BCUT2D eigenvalue weighted by atomic mass is 10.0. The minimum atomic E-state index is -0.107. The summed E-state index contributed by atoms with van der Waals surface area (Å²) in [5, 5.41) is 11.0. The van der Waals surface area contributed by atoms with Gasteiger partial charge in [0.15, 0.2) is 5.84 Å². The monoisotopic (exact) mass is 509 g/mol. The SMILES string of the molecule is C=CC(=O)N1CCCC(N2N=C(c3ccc(OCc4cc(C)on4)c(Cl)c3)C(=C(\N)N=C)/C2=N\C)C1. The van der Waals surface area contributed by atoms with Crippen LogP contribution >= 0.6 is 11.6 Å². The molecule has 2 N–H and O–H groups in total. The summed E-state index contributed by atoms with van der Waals surface area (Å²) in [6.07, 6.45) is 3.00. The first-order valence-corrected chi connectivity index (χ1v) is 11.8. The van der Waals surface area contributed by atoms with Crippen molar-refractivity contribution >= 4 is 35.8 Å². The van der Waals surface area contributed by atoms with E-state index in [0.717, 1.165) is 12.8 Å².